The van der Waals surface area contributed by atoms with Gasteiger partial charge in [-0.3, -0.25) is 14.9 Å². The van der Waals surface area contributed by atoms with Crippen molar-refractivity contribution in [3.05, 3.63) is 75.3 Å². The van der Waals surface area contributed by atoms with E-state index in [1.807, 2.05) is 18.2 Å². The zero-order chi connectivity index (χ0) is 23.1. The smallest absolute Gasteiger partial charge is 0.338 e. The molecule has 9 nitrogen and oxygen atoms in total. The van der Waals surface area contributed by atoms with Gasteiger partial charge in [-0.2, -0.15) is 0 Å². The molecule has 168 valence electrons. The minimum atomic E-state index is -0.925. The van der Waals surface area contributed by atoms with Crippen molar-refractivity contribution in [1.82, 2.24) is 4.90 Å². The van der Waals surface area contributed by atoms with Crippen molar-refractivity contribution in [2.75, 3.05) is 26.8 Å². The molecule has 0 aliphatic carbocycles. The molecule has 1 heterocycles. The number of benzene rings is 2. The summed E-state index contributed by atoms with van der Waals surface area (Å²) in [5.74, 6) is -1.58. The van der Waals surface area contributed by atoms with E-state index in [1.165, 1.54) is 5.56 Å². The Labute approximate surface area is 185 Å². The number of esters is 2. The average Bonchev–Trinajstić information content (AvgIpc) is 2.82. The quantitative estimate of drug-likeness (QED) is 0.369. The summed E-state index contributed by atoms with van der Waals surface area (Å²) < 4.78 is 9.62. The molecule has 0 saturated carbocycles. The van der Waals surface area contributed by atoms with Crippen molar-refractivity contribution in [2.24, 2.45) is 5.92 Å². The Morgan fingerprint density at radius 1 is 1.03 bits per heavy atom. The Hall–Kier alpha value is -3.75. The number of amides is 1. The van der Waals surface area contributed by atoms with Gasteiger partial charge in [-0.15, -0.1) is 0 Å². The number of non-ortho nitro benzene ring substituents is 1. The number of rotatable bonds is 7. The summed E-state index contributed by atoms with van der Waals surface area (Å²) in [5, 5.41) is 11.1. The molecule has 2 aromatic rings. The fraction of sp³-hybridized carbons (Fsp3) is 0.348. The first-order valence-electron chi connectivity index (χ1n) is 10.2. The van der Waals surface area contributed by atoms with Crippen LogP contribution in [0.15, 0.2) is 48.5 Å². The number of carbonyl (C=O) groups is 3. The normalized spacial score (nSPS) is 14.0. The molecule has 1 aliphatic heterocycles. The lowest BCUT2D eigenvalue weighted by Gasteiger charge is -2.32. The van der Waals surface area contributed by atoms with Crippen LogP contribution in [0, 0.1) is 16.0 Å². The van der Waals surface area contributed by atoms with Gasteiger partial charge in [0.15, 0.2) is 6.61 Å². The Morgan fingerprint density at radius 2 is 1.66 bits per heavy atom. The van der Waals surface area contributed by atoms with Gasteiger partial charge in [0.05, 0.1) is 23.2 Å². The highest BCUT2D eigenvalue weighted by Gasteiger charge is 2.25. The Balaban J connectivity index is 1.54. The molecule has 1 fully saturated rings. The number of carbonyl (C=O) groups excluding carboxylic acids is 3. The molecule has 1 saturated heterocycles. The zero-order valence-corrected chi connectivity index (χ0v) is 17.7. The zero-order valence-electron chi connectivity index (χ0n) is 17.7. The van der Waals surface area contributed by atoms with Crippen molar-refractivity contribution in [3.8, 4) is 0 Å². The van der Waals surface area contributed by atoms with Crippen molar-refractivity contribution in [2.45, 2.75) is 19.3 Å². The standard InChI is InChI=1S/C23H24N2O7/c1-31-22(27)18-12-19(14-20(13-18)25(29)30)23(28)32-15-21(26)24-9-7-17(8-10-24)11-16-5-3-2-4-6-16/h2-6,12-14,17H,7-11,15H2,1H3. The lowest BCUT2D eigenvalue weighted by Crippen LogP contribution is -2.41. The summed E-state index contributed by atoms with van der Waals surface area (Å²) in [7, 11) is 1.13. The summed E-state index contributed by atoms with van der Waals surface area (Å²) in [6.45, 7) is 0.687. The van der Waals surface area contributed by atoms with E-state index in [2.05, 4.69) is 16.9 Å². The number of likely N-dealkylation sites (tertiary alicyclic amines) is 1. The van der Waals surface area contributed by atoms with E-state index in [4.69, 9.17) is 4.74 Å². The van der Waals surface area contributed by atoms with Gasteiger partial charge in [0.1, 0.15) is 0 Å². The van der Waals surface area contributed by atoms with Crippen LogP contribution < -0.4 is 0 Å². The third-order valence-electron chi connectivity index (χ3n) is 5.45. The predicted octanol–water partition coefficient (Wildman–Crippen LogP) is 3.02. The van der Waals surface area contributed by atoms with E-state index in [0.29, 0.717) is 19.0 Å². The van der Waals surface area contributed by atoms with Crippen molar-refractivity contribution < 1.29 is 28.8 Å². The molecule has 3 rings (SSSR count). The number of hydrogen-bond acceptors (Lipinski definition) is 7. The lowest BCUT2D eigenvalue weighted by molar-refractivity contribution is -0.384. The second kappa shape index (κ2) is 10.5. The van der Waals surface area contributed by atoms with Crippen LogP contribution in [0.5, 0.6) is 0 Å². The number of hydrogen-bond donors (Lipinski definition) is 0. The molecule has 1 aliphatic rings. The lowest BCUT2D eigenvalue weighted by atomic mass is 9.90. The molecular formula is C23H24N2O7. The first-order valence-corrected chi connectivity index (χ1v) is 10.2. The second-order valence-electron chi connectivity index (χ2n) is 7.61. The number of piperidine rings is 1. The fourth-order valence-electron chi connectivity index (χ4n) is 3.71. The summed E-state index contributed by atoms with van der Waals surface area (Å²) in [6, 6.07) is 13.3. The highest BCUT2D eigenvalue weighted by molar-refractivity contribution is 5.97. The van der Waals surface area contributed by atoms with Crippen LogP contribution in [0.2, 0.25) is 0 Å². The summed E-state index contributed by atoms with van der Waals surface area (Å²) >= 11 is 0. The van der Waals surface area contributed by atoms with Crippen LogP contribution in [-0.2, 0) is 20.7 Å². The molecule has 1 amide bonds. The molecule has 9 heteroatoms. The number of nitro benzene ring substituents is 1. The van der Waals surface area contributed by atoms with Crippen LogP contribution in [0.3, 0.4) is 0 Å². The number of methoxy groups -OCH3 is 1. The highest BCUT2D eigenvalue weighted by atomic mass is 16.6. The predicted molar refractivity (Wildman–Crippen MR) is 114 cm³/mol. The van der Waals surface area contributed by atoms with Crippen LogP contribution in [-0.4, -0.2) is 54.5 Å². The van der Waals surface area contributed by atoms with E-state index >= 15 is 0 Å². The van der Waals surface area contributed by atoms with Crippen molar-refractivity contribution >= 4 is 23.5 Å². The third kappa shape index (κ3) is 5.90. The van der Waals surface area contributed by atoms with Gasteiger partial charge in [-0.1, -0.05) is 30.3 Å². The number of nitrogens with zero attached hydrogens (tertiary/aromatic N) is 2. The Bertz CT molecular complexity index is 999. The SMILES string of the molecule is COC(=O)c1cc(C(=O)OCC(=O)N2CCC(Cc3ccccc3)CC2)cc([N+](=O)[O-])c1. The van der Waals surface area contributed by atoms with Gasteiger partial charge >= 0.3 is 11.9 Å². The number of nitro groups is 1. The van der Waals surface area contributed by atoms with Gasteiger partial charge < -0.3 is 14.4 Å². The maximum Gasteiger partial charge on any atom is 0.338 e. The molecule has 0 spiro atoms. The average molecular weight is 440 g/mol. The summed E-state index contributed by atoms with van der Waals surface area (Å²) in [4.78, 5) is 48.6. The first-order chi connectivity index (χ1) is 15.4. The van der Waals surface area contributed by atoms with Crippen molar-refractivity contribution in [3.63, 3.8) is 0 Å². The van der Waals surface area contributed by atoms with E-state index in [9.17, 15) is 24.5 Å². The van der Waals surface area contributed by atoms with E-state index < -0.39 is 29.2 Å². The van der Waals surface area contributed by atoms with Gasteiger partial charge in [0.2, 0.25) is 0 Å². The summed E-state index contributed by atoms with van der Waals surface area (Å²) in [5.41, 5.74) is 0.468. The largest absolute Gasteiger partial charge is 0.465 e. The van der Waals surface area contributed by atoms with Gasteiger partial charge in [0.25, 0.3) is 11.6 Å². The van der Waals surface area contributed by atoms with Crippen LogP contribution >= 0.6 is 0 Å². The third-order valence-corrected chi connectivity index (χ3v) is 5.45. The first kappa shape index (κ1) is 22.9. The van der Waals surface area contributed by atoms with Gasteiger partial charge in [-0.25, -0.2) is 9.59 Å². The van der Waals surface area contributed by atoms with Crippen LogP contribution in [0.1, 0.15) is 39.1 Å². The number of ether oxygens (including phenoxy) is 2. The van der Waals surface area contributed by atoms with E-state index in [1.54, 1.807) is 4.90 Å². The molecule has 0 atom stereocenters. The molecule has 0 aromatic heterocycles. The van der Waals surface area contributed by atoms with Crippen molar-refractivity contribution in [1.29, 1.82) is 0 Å². The fourth-order valence-corrected chi connectivity index (χ4v) is 3.71. The van der Waals surface area contributed by atoms with E-state index in [0.717, 1.165) is 44.6 Å². The molecule has 0 N–H and O–H groups in total. The molecular weight excluding hydrogens is 416 g/mol. The summed E-state index contributed by atoms with van der Waals surface area (Å²) in [6.07, 6.45) is 2.69. The minimum Gasteiger partial charge on any atom is -0.465 e. The highest BCUT2D eigenvalue weighted by Crippen LogP contribution is 2.22. The molecule has 0 bridgehead atoms. The maximum atomic E-state index is 12.5. The molecule has 0 unspecified atom stereocenters. The maximum absolute atomic E-state index is 12.5. The van der Waals surface area contributed by atoms with E-state index in [-0.39, 0.29) is 17.0 Å². The van der Waals surface area contributed by atoms with Gasteiger partial charge in [0, 0.05) is 25.2 Å². The Morgan fingerprint density at radius 3 is 2.25 bits per heavy atom. The van der Waals surface area contributed by atoms with Crippen LogP contribution in [0.25, 0.3) is 0 Å². The molecule has 32 heavy (non-hydrogen) atoms. The van der Waals surface area contributed by atoms with Gasteiger partial charge in [-0.05, 0) is 36.8 Å². The Kier molecular flexibility index (Phi) is 7.54. The van der Waals surface area contributed by atoms with Crippen LogP contribution in [0.4, 0.5) is 5.69 Å². The minimum absolute atomic E-state index is 0.152. The monoisotopic (exact) mass is 440 g/mol. The topological polar surface area (TPSA) is 116 Å². The molecule has 0 radical (unpaired) electrons. The second-order valence-corrected chi connectivity index (χ2v) is 7.61. The molecule has 2 aromatic carbocycles.